The van der Waals surface area contributed by atoms with E-state index in [1.165, 1.54) is 19.3 Å². The van der Waals surface area contributed by atoms with Gasteiger partial charge in [-0.05, 0) is 54.6 Å². The molecular formula is C13H24ClP. The highest BCUT2D eigenvalue weighted by Crippen LogP contribution is 2.74. The van der Waals surface area contributed by atoms with E-state index >= 15 is 0 Å². The van der Waals surface area contributed by atoms with Crippen LogP contribution in [0.5, 0.6) is 0 Å². The third-order valence-electron chi connectivity index (χ3n) is 5.54. The Morgan fingerprint density at radius 1 is 1.27 bits per heavy atom. The number of fused-ring (bicyclic) bond motifs is 2. The first-order valence-corrected chi connectivity index (χ1v) is 8.63. The Morgan fingerprint density at radius 3 is 2.20 bits per heavy atom. The van der Waals surface area contributed by atoms with Gasteiger partial charge in [0.05, 0.1) is 0 Å². The number of hydrogen-bond acceptors (Lipinski definition) is 0. The lowest BCUT2D eigenvalue weighted by Gasteiger charge is -2.42. The summed E-state index contributed by atoms with van der Waals surface area (Å²) in [4.78, 5) is 0. The third-order valence-corrected chi connectivity index (χ3v) is 9.78. The van der Waals surface area contributed by atoms with Crippen molar-refractivity contribution in [2.24, 2.45) is 16.7 Å². The first kappa shape index (κ1) is 12.2. The average molecular weight is 247 g/mol. The summed E-state index contributed by atoms with van der Waals surface area (Å²) in [5.74, 6) is 0.940. The van der Waals surface area contributed by atoms with Crippen molar-refractivity contribution in [2.45, 2.75) is 65.2 Å². The van der Waals surface area contributed by atoms with Crippen LogP contribution in [0.3, 0.4) is 0 Å². The molecule has 0 amide bonds. The van der Waals surface area contributed by atoms with Crippen LogP contribution in [0.2, 0.25) is 0 Å². The van der Waals surface area contributed by atoms with Crippen molar-refractivity contribution in [1.82, 2.24) is 0 Å². The highest BCUT2D eigenvalue weighted by atomic mass is 35.7. The van der Waals surface area contributed by atoms with Crippen molar-refractivity contribution in [2.75, 3.05) is 0 Å². The average Bonchev–Trinajstić information content (AvgIpc) is 2.47. The minimum atomic E-state index is -0.290. The Kier molecular flexibility index (Phi) is 2.93. The van der Waals surface area contributed by atoms with Gasteiger partial charge in [0.15, 0.2) is 0 Å². The van der Waals surface area contributed by atoms with E-state index in [1.54, 1.807) is 0 Å². The van der Waals surface area contributed by atoms with Gasteiger partial charge in [0, 0.05) is 0 Å². The minimum Gasteiger partial charge on any atom is -0.0958 e. The molecule has 0 heterocycles. The molecule has 15 heavy (non-hydrogen) atoms. The molecule has 4 unspecified atom stereocenters. The van der Waals surface area contributed by atoms with Crippen molar-refractivity contribution < 1.29 is 0 Å². The first-order valence-electron chi connectivity index (χ1n) is 6.25. The van der Waals surface area contributed by atoms with Crippen LogP contribution < -0.4 is 0 Å². The SMILES string of the molecule is CC(C)P(Cl)C1CC2CCC1(C)C2(C)C. The smallest absolute Gasteiger partial charge is 0.000619 e. The molecule has 0 aromatic carbocycles. The molecule has 0 N–H and O–H groups in total. The Hall–Kier alpha value is 0.720. The van der Waals surface area contributed by atoms with Crippen molar-refractivity contribution in [3.05, 3.63) is 0 Å². The van der Waals surface area contributed by atoms with Crippen LogP contribution in [0, 0.1) is 16.7 Å². The fraction of sp³-hybridized carbons (Fsp3) is 1.00. The monoisotopic (exact) mass is 246 g/mol. The molecule has 4 atom stereocenters. The lowest BCUT2D eigenvalue weighted by molar-refractivity contribution is 0.155. The Morgan fingerprint density at radius 2 is 1.87 bits per heavy atom. The van der Waals surface area contributed by atoms with Crippen molar-refractivity contribution in [3.63, 3.8) is 0 Å². The van der Waals surface area contributed by atoms with E-state index < -0.39 is 0 Å². The van der Waals surface area contributed by atoms with Crippen LogP contribution in [-0.2, 0) is 0 Å². The molecule has 2 rings (SSSR count). The number of halogens is 1. The zero-order valence-electron chi connectivity index (χ0n) is 10.7. The van der Waals surface area contributed by atoms with E-state index in [0.29, 0.717) is 16.5 Å². The van der Waals surface area contributed by atoms with Gasteiger partial charge in [0.25, 0.3) is 0 Å². The summed E-state index contributed by atoms with van der Waals surface area (Å²) in [7, 11) is -0.290. The molecule has 2 saturated carbocycles. The van der Waals surface area contributed by atoms with Gasteiger partial charge in [0.2, 0.25) is 0 Å². The minimum absolute atomic E-state index is 0.290. The van der Waals surface area contributed by atoms with E-state index in [-0.39, 0.29) is 7.27 Å². The van der Waals surface area contributed by atoms with Crippen LogP contribution in [0.4, 0.5) is 0 Å². The van der Waals surface area contributed by atoms with E-state index in [9.17, 15) is 0 Å². The van der Waals surface area contributed by atoms with Crippen LogP contribution in [0.15, 0.2) is 0 Å². The van der Waals surface area contributed by atoms with Crippen molar-refractivity contribution in [1.29, 1.82) is 0 Å². The zero-order valence-corrected chi connectivity index (χ0v) is 12.3. The molecule has 2 aliphatic rings. The summed E-state index contributed by atoms with van der Waals surface area (Å²) < 4.78 is 0. The summed E-state index contributed by atoms with van der Waals surface area (Å²) in [6.45, 7) is 12.0. The fourth-order valence-corrected chi connectivity index (χ4v) is 6.96. The second-order valence-corrected chi connectivity index (χ2v) is 10.1. The quantitative estimate of drug-likeness (QED) is 0.584. The number of hydrogen-bond donors (Lipinski definition) is 0. The predicted octanol–water partition coefficient (Wildman–Crippen LogP) is 5.25. The van der Waals surface area contributed by atoms with E-state index in [2.05, 4.69) is 34.6 Å². The molecule has 0 aliphatic heterocycles. The van der Waals surface area contributed by atoms with Gasteiger partial charge in [-0.2, -0.15) is 0 Å². The highest BCUT2D eigenvalue weighted by molar-refractivity contribution is 7.85. The van der Waals surface area contributed by atoms with Gasteiger partial charge < -0.3 is 0 Å². The Bertz CT molecular complexity index is 261. The molecule has 2 bridgehead atoms. The molecule has 0 spiro atoms. The normalized spacial score (nSPS) is 45.0. The first-order chi connectivity index (χ1) is 6.80. The molecule has 0 radical (unpaired) electrons. The third kappa shape index (κ3) is 1.51. The van der Waals surface area contributed by atoms with Gasteiger partial charge >= 0.3 is 0 Å². The van der Waals surface area contributed by atoms with Gasteiger partial charge in [0.1, 0.15) is 0 Å². The van der Waals surface area contributed by atoms with Gasteiger partial charge in [-0.25, -0.2) is 0 Å². The zero-order chi connectivity index (χ0) is 11.4. The summed E-state index contributed by atoms with van der Waals surface area (Å²) in [5, 5.41) is 0. The molecular weight excluding hydrogens is 223 g/mol. The molecule has 2 fully saturated rings. The second kappa shape index (κ2) is 3.61. The van der Waals surface area contributed by atoms with Crippen LogP contribution in [0.25, 0.3) is 0 Å². The van der Waals surface area contributed by atoms with Crippen molar-refractivity contribution >= 4 is 18.5 Å². The molecule has 0 aromatic rings. The van der Waals surface area contributed by atoms with E-state index in [1.807, 2.05) is 0 Å². The molecule has 0 saturated heterocycles. The topological polar surface area (TPSA) is 0 Å². The molecule has 2 heteroatoms. The van der Waals surface area contributed by atoms with E-state index in [0.717, 1.165) is 11.6 Å². The predicted molar refractivity (Wildman–Crippen MR) is 70.9 cm³/mol. The maximum Gasteiger partial charge on any atom is -0.000619 e. The molecule has 0 nitrogen and oxygen atoms in total. The molecule has 88 valence electrons. The lowest BCUT2D eigenvalue weighted by atomic mass is 9.71. The maximum atomic E-state index is 6.70. The molecule has 2 aliphatic carbocycles. The highest BCUT2D eigenvalue weighted by Gasteiger charge is 2.62. The Labute approximate surface area is 101 Å². The number of rotatable bonds is 2. The summed E-state index contributed by atoms with van der Waals surface area (Å²) in [5.41, 5.74) is 2.54. The largest absolute Gasteiger partial charge is 0.0958 e. The van der Waals surface area contributed by atoms with Crippen LogP contribution in [0.1, 0.15) is 53.9 Å². The summed E-state index contributed by atoms with van der Waals surface area (Å²) in [6, 6.07) is 0. The Balaban J connectivity index is 2.26. The fourth-order valence-electron chi connectivity index (χ4n) is 3.89. The summed E-state index contributed by atoms with van der Waals surface area (Å²) in [6.07, 6.45) is 4.25. The van der Waals surface area contributed by atoms with Crippen LogP contribution in [-0.4, -0.2) is 11.3 Å². The van der Waals surface area contributed by atoms with Gasteiger partial charge in [-0.15, -0.1) is 0 Å². The molecule has 0 aromatic heterocycles. The second-order valence-electron chi connectivity index (χ2n) is 6.56. The van der Waals surface area contributed by atoms with Gasteiger partial charge in [-0.3, -0.25) is 0 Å². The van der Waals surface area contributed by atoms with E-state index in [4.69, 9.17) is 11.2 Å². The lowest BCUT2D eigenvalue weighted by Crippen LogP contribution is -2.34. The van der Waals surface area contributed by atoms with Gasteiger partial charge in [-0.1, -0.05) is 45.9 Å². The maximum absolute atomic E-state index is 6.70. The standard InChI is InChI=1S/C13H24ClP/c1-9(2)15(14)11-8-10-6-7-13(11,5)12(10,3)4/h9-11H,6-8H2,1-5H3. The van der Waals surface area contributed by atoms with Crippen LogP contribution >= 0.6 is 18.5 Å². The summed E-state index contributed by atoms with van der Waals surface area (Å²) >= 11 is 6.70. The van der Waals surface area contributed by atoms with Crippen molar-refractivity contribution in [3.8, 4) is 0 Å².